The number of benzene rings is 10. The molecule has 0 N–H and O–H groups in total. The van der Waals surface area contributed by atoms with Crippen LogP contribution in [-0.4, -0.2) is 0 Å². The van der Waals surface area contributed by atoms with Crippen molar-refractivity contribution in [2.24, 2.45) is 0 Å². The molecule has 3 heteroatoms. The molecule has 12 aromatic rings. The maximum atomic E-state index is 7.56. The molecule has 2 heterocycles. The summed E-state index contributed by atoms with van der Waals surface area (Å²) in [7, 11) is 0. The SMILES string of the molecule is CC1(C)c2ccccc2-c2ccc(N(c3ccc4c(c3)C(C)(C)c3ccccc3-4)c3cccc4c3-c3c(-c5ccccc5)sc(-c5ccccc5)c3C43c4ccccc4-c4c(-c5ccccc5)oc(-c5ccccc5)c43)cc21. The standard InChI is InChI=1S/C75H53NOS/c1-73(2)57-35-20-17-32-52(57)54-42-40-50(44-61(54)73)76(51-41-43-55-53-33-18-21-36-58(53)74(3,4)62(55)45-51)63-39-23-38-60-65(63)66-68(72(49-30-15-8-16-31-49)78-71(66)48-28-13-7-14-29-48)75(60)59-37-22-19-34-56(59)64-67(75)70(47-26-11-6-12-27-47)77-69(64)46-24-9-5-10-25-46/h5-45H,1-4H3. The van der Waals surface area contributed by atoms with Crippen LogP contribution in [0.1, 0.15) is 72.2 Å². The van der Waals surface area contributed by atoms with Gasteiger partial charge in [0.2, 0.25) is 0 Å². The van der Waals surface area contributed by atoms with Crippen LogP contribution in [0.4, 0.5) is 17.1 Å². The predicted octanol–water partition coefficient (Wildman–Crippen LogP) is 20.4. The number of rotatable bonds is 7. The fourth-order valence-corrected chi connectivity index (χ4v) is 15.8. The van der Waals surface area contributed by atoms with E-state index in [-0.39, 0.29) is 10.8 Å². The van der Waals surface area contributed by atoms with E-state index in [4.69, 9.17) is 4.42 Å². The van der Waals surface area contributed by atoms with Gasteiger partial charge in [0.05, 0.1) is 11.1 Å². The van der Waals surface area contributed by atoms with Gasteiger partial charge in [0.15, 0.2) is 0 Å². The molecule has 2 aromatic heterocycles. The minimum absolute atomic E-state index is 0.209. The van der Waals surface area contributed by atoms with Crippen molar-refractivity contribution in [1.82, 2.24) is 0 Å². The first-order chi connectivity index (χ1) is 38.2. The number of fused-ring (bicyclic) bond motifs is 16. The first kappa shape index (κ1) is 45.2. The van der Waals surface area contributed by atoms with E-state index < -0.39 is 5.41 Å². The number of nitrogens with zero attached hydrogens (tertiary/aromatic N) is 1. The summed E-state index contributed by atoms with van der Waals surface area (Å²) in [5.41, 5.74) is 27.2. The van der Waals surface area contributed by atoms with Crippen molar-refractivity contribution in [3.05, 3.63) is 293 Å². The van der Waals surface area contributed by atoms with Crippen molar-refractivity contribution in [2.75, 3.05) is 4.90 Å². The Hall–Kier alpha value is -9.02. The summed E-state index contributed by atoms with van der Waals surface area (Å²) in [5, 5.41) is 0. The monoisotopic (exact) mass is 1020 g/mol. The molecule has 0 bridgehead atoms. The largest absolute Gasteiger partial charge is 0.455 e. The van der Waals surface area contributed by atoms with Gasteiger partial charge >= 0.3 is 0 Å². The van der Waals surface area contributed by atoms with E-state index in [1.54, 1.807) is 0 Å². The van der Waals surface area contributed by atoms with Crippen molar-refractivity contribution in [1.29, 1.82) is 0 Å². The summed E-state index contributed by atoms with van der Waals surface area (Å²) in [6.45, 7) is 9.59. The average Bonchev–Trinajstić information content (AvgIpc) is 2.78. The van der Waals surface area contributed by atoms with Crippen molar-refractivity contribution < 1.29 is 4.42 Å². The molecule has 78 heavy (non-hydrogen) atoms. The smallest absolute Gasteiger partial charge is 0.142 e. The van der Waals surface area contributed by atoms with Crippen molar-refractivity contribution in [2.45, 2.75) is 43.9 Å². The molecule has 4 aliphatic rings. The van der Waals surface area contributed by atoms with E-state index in [0.717, 1.165) is 45.3 Å². The molecule has 1 atom stereocenters. The molecule has 16 rings (SSSR count). The lowest BCUT2D eigenvalue weighted by molar-refractivity contribution is 0.588. The van der Waals surface area contributed by atoms with Gasteiger partial charge in [-0.05, 0) is 108 Å². The van der Waals surface area contributed by atoms with Gasteiger partial charge in [-0.1, -0.05) is 246 Å². The lowest BCUT2D eigenvalue weighted by atomic mass is 9.69. The zero-order valence-electron chi connectivity index (χ0n) is 43.9. The Labute approximate surface area is 460 Å². The van der Waals surface area contributed by atoms with Crippen LogP contribution in [0.25, 0.3) is 88.0 Å². The molecule has 10 aromatic carbocycles. The topological polar surface area (TPSA) is 16.4 Å². The number of hydrogen-bond acceptors (Lipinski definition) is 3. The molecule has 370 valence electrons. The summed E-state index contributed by atoms with van der Waals surface area (Å²) < 4.78 is 7.56. The highest BCUT2D eigenvalue weighted by atomic mass is 32.1. The summed E-state index contributed by atoms with van der Waals surface area (Å²) in [5.74, 6) is 1.79. The Kier molecular flexibility index (Phi) is 9.56. The third kappa shape index (κ3) is 6.03. The first-order valence-corrected chi connectivity index (χ1v) is 28.1. The highest BCUT2D eigenvalue weighted by Gasteiger charge is 2.59. The van der Waals surface area contributed by atoms with Gasteiger partial charge in [-0.25, -0.2) is 0 Å². The molecular formula is C75H53NOS. The molecular weight excluding hydrogens is 963 g/mol. The second kappa shape index (κ2) is 16.5. The molecule has 0 saturated carbocycles. The number of hydrogen-bond donors (Lipinski definition) is 0. The summed E-state index contributed by atoms with van der Waals surface area (Å²) in [6, 6.07) is 92.9. The van der Waals surface area contributed by atoms with Crippen molar-refractivity contribution in [3.63, 3.8) is 0 Å². The fourth-order valence-electron chi connectivity index (χ4n) is 14.5. The van der Waals surface area contributed by atoms with E-state index in [9.17, 15) is 0 Å². The maximum absolute atomic E-state index is 7.56. The Morgan fingerprint density at radius 3 is 1.31 bits per heavy atom. The van der Waals surface area contributed by atoms with Gasteiger partial charge in [-0.2, -0.15) is 0 Å². The van der Waals surface area contributed by atoms with Crippen LogP contribution in [0.2, 0.25) is 0 Å². The second-order valence-corrected chi connectivity index (χ2v) is 23.6. The fraction of sp³-hybridized carbons (Fsp3) is 0.0933. The van der Waals surface area contributed by atoms with Gasteiger partial charge in [0.25, 0.3) is 0 Å². The van der Waals surface area contributed by atoms with E-state index in [1.165, 1.54) is 104 Å². The van der Waals surface area contributed by atoms with Crippen molar-refractivity contribution in [3.8, 4) is 88.0 Å². The minimum Gasteiger partial charge on any atom is -0.455 e. The number of anilines is 3. The van der Waals surface area contributed by atoms with Crippen LogP contribution in [-0.2, 0) is 16.2 Å². The van der Waals surface area contributed by atoms with E-state index >= 15 is 0 Å². The summed E-state index contributed by atoms with van der Waals surface area (Å²) >= 11 is 1.93. The molecule has 4 aliphatic carbocycles. The van der Waals surface area contributed by atoms with Crippen LogP contribution < -0.4 is 4.90 Å². The molecule has 1 unspecified atom stereocenters. The zero-order valence-corrected chi connectivity index (χ0v) is 44.8. The van der Waals surface area contributed by atoms with Gasteiger partial charge in [-0.3, -0.25) is 0 Å². The van der Waals surface area contributed by atoms with E-state index in [2.05, 4.69) is 281 Å². The maximum Gasteiger partial charge on any atom is 0.142 e. The van der Waals surface area contributed by atoms with E-state index in [0.29, 0.717) is 0 Å². The van der Waals surface area contributed by atoms with Crippen LogP contribution >= 0.6 is 11.3 Å². The predicted molar refractivity (Wildman–Crippen MR) is 324 cm³/mol. The van der Waals surface area contributed by atoms with Crippen LogP contribution in [0, 0.1) is 0 Å². The molecule has 2 nitrogen and oxygen atoms in total. The average molecular weight is 1020 g/mol. The number of furan rings is 1. The lowest BCUT2D eigenvalue weighted by Crippen LogP contribution is -2.27. The van der Waals surface area contributed by atoms with E-state index in [1.807, 2.05) is 11.3 Å². The third-order valence-electron chi connectivity index (χ3n) is 17.9. The molecule has 0 radical (unpaired) electrons. The van der Waals surface area contributed by atoms with Crippen LogP contribution in [0.3, 0.4) is 0 Å². The Morgan fingerprint density at radius 1 is 0.321 bits per heavy atom. The van der Waals surface area contributed by atoms with Crippen LogP contribution in [0.5, 0.6) is 0 Å². The molecule has 0 aliphatic heterocycles. The Bertz CT molecular complexity index is 4320. The highest BCUT2D eigenvalue weighted by Crippen LogP contribution is 2.72. The Balaban J connectivity index is 1.07. The molecule has 0 saturated heterocycles. The Morgan fingerprint density at radius 2 is 0.756 bits per heavy atom. The highest BCUT2D eigenvalue weighted by molar-refractivity contribution is 7.19. The summed E-state index contributed by atoms with van der Waals surface area (Å²) in [4.78, 5) is 5.13. The molecule has 0 fully saturated rings. The van der Waals surface area contributed by atoms with Gasteiger partial charge < -0.3 is 9.32 Å². The zero-order chi connectivity index (χ0) is 52.1. The van der Waals surface area contributed by atoms with Gasteiger partial charge in [0.1, 0.15) is 11.5 Å². The quantitative estimate of drug-likeness (QED) is 0.158. The third-order valence-corrected chi connectivity index (χ3v) is 19.2. The van der Waals surface area contributed by atoms with Crippen molar-refractivity contribution >= 4 is 28.4 Å². The normalized spacial score (nSPS) is 15.9. The molecule has 0 amide bonds. The van der Waals surface area contributed by atoms with Crippen LogP contribution in [0.15, 0.2) is 253 Å². The lowest BCUT2D eigenvalue weighted by Gasteiger charge is -2.33. The van der Waals surface area contributed by atoms with Gasteiger partial charge in [0, 0.05) is 65.3 Å². The van der Waals surface area contributed by atoms with Gasteiger partial charge in [-0.15, -0.1) is 11.3 Å². The number of thiophene rings is 1. The molecule has 1 spiro atoms. The minimum atomic E-state index is -0.808. The second-order valence-electron chi connectivity index (χ2n) is 22.6. The first-order valence-electron chi connectivity index (χ1n) is 27.3. The summed E-state index contributed by atoms with van der Waals surface area (Å²) in [6.07, 6.45) is 0.